The van der Waals surface area contributed by atoms with E-state index in [2.05, 4.69) is 0 Å². The molecular weight excluding hydrogens is 531 g/mol. The van der Waals surface area contributed by atoms with Gasteiger partial charge in [-0.3, -0.25) is 4.90 Å². The van der Waals surface area contributed by atoms with E-state index < -0.39 is 47.9 Å². The van der Waals surface area contributed by atoms with E-state index in [1.165, 1.54) is 24.1 Å². The van der Waals surface area contributed by atoms with Gasteiger partial charge >= 0.3 is 18.4 Å². The van der Waals surface area contributed by atoms with E-state index in [9.17, 15) is 35.5 Å². The molecule has 0 aromatic heterocycles. The lowest BCUT2D eigenvalue weighted by Gasteiger charge is -2.42. The van der Waals surface area contributed by atoms with Crippen molar-refractivity contribution in [2.24, 2.45) is 0 Å². The maximum Gasteiger partial charge on any atom is 0.416 e. The number of amides is 2. The Kier molecular flexibility index (Phi) is 9.21. The van der Waals surface area contributed by atoms with E-state index in [0.29, 0.717) is 36.1 Å². The largest absolute Gasteiger partial charge is 0.416 e. The Hall–Kier alpha value is -2.86. The lowest BCUT2D eigenvalue weighted by Crippen LogP contribution is -2.49. The molecule has 0 saturated carbocycles. The van der Waals surface area contributed by atoms with Crippen LogP contribution in [0.4, 0.5) is 35.5 Å². The Balaban J connectivity index is 1.90. The van der Waals surface area contributed by atoms with Gasteiger partial charge in [0.05, 0.1) is 23.3 Å². The van der Waals surface area contributed by atoms with E-state index in [1.54, 1.807) is 13.0 Å². The maximum atomic E-state index is 13.8. The fraction of sp³-hybridized carbons (Fsp3) is 0.519. The molecule has 1 aliphatic heterocycles. The molecule has 5 nitrogen and oxygen atoms in total. The van der Waals surface area contributed by atoms with Crippen LogP contribution < -0.4 is 0 Å². The highest BCUT2D eigenvalue weighted by molar-refractivity contribution is 5.75. The molecule has 1 heterocycles. The summed E-state index contributed by atoms with van der Waals surface area (Å²) < 4.78 is 99.8. The molecule has 3 rings (SSSR count). The van der Waals surface area contributed by atoms with Crippen LogP contribution in [-0.4, -0.2) is 60.8 Å². The van der Waals surface area contributed by atoms with Crippen molar-refractivity contribution in [3.8, 4) is 0 Å². The molecule has 1 fully saturated rings. The van der Waals surface area contributed by atoms with E-state index >= 15 is 0 Å². The molecule has 0 aliphatic carbocycles. The van der Waals surface area contributed by atoms with Gasteiger partial charge in [0.15, 0.2) is 0 Å². The first kappa shape index (κ1) is 30.7. The summed E-state index contributed by atoms with van der Waals surface area (Å²) in [5.41, 5.74) is -1.90. The Bertz CT molecular complexity index is 1130. The van der Waals surface area contributed by atoms with Gasteiger partial charge in [-0.15, -0.1) is 0 Å². The van der Waals surface area contributed by atoms with Gasteiger partial charge in [0.1, 0.15) is 12.0 Å². The molecule has 0 bridgehead atoms. The number of carbonyl (C=O) groups is 1. The summed E-state index contributed by atoms with van der Waals surface area (Å²) >= 11 is 0. The van der Waals surface area contributed by atoms with Crippen LogP contribution in [0.15, 0.2) is 36.4 Å². The molecule has 0 N–H and O–H groups in total. The molecule has 39 heavy (non-hydrogen) atoms. The standard InChI is InChI=1S/C27H32F7N3O2/c1-16-10-21(28)6-7-23(16)24-14-22(39-17(2)35(3)4)8-9-37(24)25(38)36(5)15-18-11-19(26(29,30)31)13-20(12-18)27(32,33)34/h6-7,10-13,17,22,24H,8-9,14-15H2,1-5H3. The molecule has 1 saturated heterocycles. The summed E-state index contributed by atoms with van der Waals surface area (Å²) in [6.45, 7) is 3.34. The summed E-state index contributed by atoms with van der Waals surface area (Å²) in [5, 5.41) is 0. The molecule has 3 unspecified atom stereocenters. The summed E-state index contributed by atoms with van der Waals surface area (Å²) in [6, 6.07) is 4.37. The number of alkyl halides is 6. The van der Waals surface area contributed by atoms with Crippen molar-refractivity contribution in [2.45, 2.75) is 64.0 Å². The van der Waals surface area contributed by atoms with Crippen LogP contribution >= 0.6 is 0 Å². The van der Waals surface area contributed by atoms with Crippen molar-refractivity contribution in [3.63, 3.8) is 0 Å². The van der Waals surface area contributed by atoms with E-state index in [-0.39, 0.29) is 30.5 Å². The monoisotopic (exact) mass is 563 g/mol. The minimum absolute atomic E-state index is 0.0537. The zero-order valence-corrected chi connectivity index (χ0v) is 22.3. The third-order valence-electron chi connectivity index (χ3n) is 6.90. The quantitative estimate of drug-likeness (QED) is 0.285. The molecule has 2 aromatic rings. The molecule has 0 radical (unpaired) electrons. The number of aryl methyl sites for hydroxylation is 1. The van der Waals surface area contributed by atoms with Crippen molar-refractivity contribution in [1.29, 1.82) is 0 Å². The number of nitrogens with zero attached hydrogens (tertiary/aromatic N) is 3. The van der Waals surface area contributed by atoms with Gasteiger partial charge in [-0.2, -0.15) is 26.3 Å². The number of likely N-dealkylation sites (tertiary alicyclic amines) is 1. The van der Waals surface area contributed by atoms with Crippen LogP contribution in [-0.2, 0) is 23.6 Å². The first-order chi connectivity index (χ1) is 18.0. The third-order valence-corrected chi connectivity index (χ3v) is 6.90. The van der Waals surface area contributed by atoms with Crippen LogP contribution in [0.3, 0.4) is 0 Å². The normalized spacial score (nSPS) is 19.4. The van der Waals surface area contributed by atoms with Crippen LogP contribution in [0.1, 0.15) is 53.6 Å². The number of ether oxygens (including phenoxy) is 1. The van der Waals surface area contributed by atoms with E-state index in [0.717, 1.165) is 4.90 Å². The Morgan fingerprint density at radius 2 is 1.62 bits per heavy atom. The number of hydrogen-bond donors (Lipinski definition) is 0. The Morgan fingerprint density at radius 3 is 2.13 bits per heavy atom. The number of hydrogen-bond acceptors (Lipinski definition) is 3. The summed E-state index contributed by atoms with van der Waals surface area (Å²) in [7, 11) is 5.04. The van der Waals surface area contributed by atoms with Crippen LogP contribution in [0.25, 0.3) is 0 Å². The molecule has 216 valence electrons. The van der Waals surface area contributed by atoms with Gasteiger partial charge in [-0.05, 0) is 87.8 Å². The smallest absolute Gasteiger partial charge is 0.360 e. The highest BCUT2D eigenvalue weighted by Gasteiger charge is 2.38. The SMILES string of the molecule is Cc1cc(F)ccc1C1CC(OC(C)N(C)C)CCN1C(=O)N(C)Cc1cc(C(F)(F)F)cc(C(F)(F)F)c1. The average molecular weight is 564 g/mol. The zero-order valence-electron chi connectivity index (χ0n) is 22.3. The van der Waals surface area contributed by atoms with Crippen molar-refractivity contribution in [3.05, 3.63) is 70.0 Å². The lowest BCUT2D eigenvalue weighted by molar-refractivity contribution is -0.143. The summed E-state index contributed by atoms with van der Waals surface area (Å²) in [4.78, 5) is 18.0. The fourth-order valence-electron chi connectivity index (χ4n) is 4.67. The predicted molar refractivity (Wildman–Crippen MR) is 131 cm³/mol. The van der Waals surface area contributed by atoms with Crippen molar-refractivity contribution >= 4 is 6.03 Å². The van der Waals surface area contributed by atoms with Crippen LogP contribution in [0.2, 0.25) is 0 Å². The first-order valence-corrected chi connectivity index (χ1v) is 12.4. The highest BCUT2D eigenvalue weighted by Crippen LogP contribution is 2.38. The fourth-order valence-corrected chi connectivity index (χ4v) is 4.67. The molecule has 12 heteroatoms. The number of rotatable bonds is 6. The number of benzene rings is 2. The zero-order chi connectivity index (χ0) is 29.3. The van der Waals surface area contributed by atoms with Gasteiger partial charge in [0, 0.05) is 20.1 Å². The Labute approximate surface area is 223 Å². The van der Waals surface area contributed by atoms with Crippen molar-refractivity contribution in [1.82, 2.24) is 14.7 Å². The number of halogens is 7. The van der Waals surface area contributed by atoms with Crippen molar-refractivity contribution < 1.29 is 40.3 Å². The van der Waals surface area contributed by atoms with Crippen LogP contribution in [0.5, 0.6) is 0 Å². The van der Waals surface area contributed by atoms with Gasteiger partial charge < -0.3 is 14.5 Å². The third kappa shape index (κ3) is 7.63. The summed E-state index contributed by atoms with van der Waals surface area (Å²) in [5.74, 6) is -0.443. The second-order valence-corrected chi connectivity index (χ2v) is 10.1. The number of urea groups is 1. The van der Waals surface area contributed by atoms with Gasteiger partial charge in [0.25, 0.3) is 0 Å². The molecule has 2 aromatic carbocycles. The first-order valence-electron chi connectivity index (χ1n) is 12.4. The van der Waals surface area contributed by atoms with Crippen LogP contribution in [0, 0.1) is 12.7 Å². The molecule has 3 atom stereocenters. The van der Waals surface area contributed by atoms with E-state index in [1.807, 2.05) is 25.9 Å². The molecule has 2 amide bonds. The molecule has 0 spiro atoms. The Morgan fingerprint density at radius 1 is 1.03 bits per heavy atom. The summed E-state index contributed by atoms with van der Waals surface area (Å²) in [6.07, 6.45) is -9.57. The van der Waals surface area contributed by atoms with Gasteiger partial charge in [0.2, 0.25) is 0 Å². The minimum atomic E-state index is -4.99. The van der Waals surface area contributed by atoms with Gasteiger partial charge in [-0.1, -0.05) is 6.07 Å². The second-order valence-electron chi connectivity index (χ2n) is 10.1. The highest BCUT2D eigenvalue weighted by atomic mass is 19.4. The topological polar surface area (TPSA) is 36.0 Å². The maximum absolute atomic E-state index is 13.8. The second kappa shape index (κ2) is 11.7. The lowest BCUT2D eigenvalue weighted by atomic mass is 9.90. The van der Waals surface area contributed by atoms with E-state index in [4.69, 9.17) is 4.74 Å². The van der Waals surface area contributed by atoms with Crippen molar-refractivity contribution in [2.75, 3.05) is 27.7 Å². The number of piperidine rings is 1. The van der Waals surface area contributed by atoms with Gasteiger partial charge in [-0.25, -0.2) is 9.18 Å². The molecule has 1 aliphatic rings. The predicted octanol–water partition coefficient (Wildman–Crippen LogP) is 6.85. The molecular formula is C27H32F7N3O2. The minimum Gasteiger partial charge on any atom is -0.360 e. The number of carbonyl (C=O) groups excluding carboxylic acids is 1. The average Bonchev–Trinajstić information content (AvgIpc) is 2.82.